The van der Waals surface area contributed by atoms with E-state index < -0.39 is 20.8 Å². The van der Waals surface area contributed by atoms with Crippen molar-refractivity contribution in [1.82, 2.24) is 10.6 Å². The van der Waals surface area contributed by atoms with Gasteiger partial charge >= 0.3 is 0 Å². The van der Waals surface area contributed by atoms with Crippen molar-refractivity contribution in [3.05, 3.63) is 69.8 Å². The van der Waals surface area contributed by atoms with Gasteiger partial charge in [0.2, 0.25) is 3.79 Å². The van der Waals surface area contributed by atoms with Crippen molar-refractivity contribution >= 4 is 69.4 Å². The number of amides is 1. The SMILES string of the molecule is Cc1cccc(C(=O)N[C@H](NC(=S)Nc2ccc([N+](=O)[O-])cc2)C(Cl)(Cl)Cl)c1. The molecule has 7 nitrogen and oxygen atoms in total. The first-order chi connectivity index (χ1) is 13.1. The van der Waals surface area contributed by atoms with Crippen LogP contribution >= 0.6 is 47.0 Å². The van der Waals surface area contributed by atoms with Crippen molar-refractivity contribution < 1.29 is 9.72 Å². The molecule has 1 atom stereocenters. The molecule has 0 heterocycles. The molecule has 3 N–H and O–H groups in total. The number of rotatable bonds is 5. The van der Waals surface area contributed by atoms with Crippen molar-refractivity contribution in [1.29, 1.82) is 0 Å². The van der Waals surface area contributed by atoms with Gasteiger partial charge in [-0.3, -0.25) is 14.9 Å². The van der Waals surface area contributed by atoms with Gasteiger partial charge < -0.3 is 16.0 Å². The molecule has 11 heteroatoms. The summed E-state index contributed by atoms with van der Waals surface area (Å²) in [5.74, 6) is -0.453. The van der Waals surface area contributed by atoms with Crippen molar-refractivity contribution in [2.75, 3.05) is 5.32 Å². The highest BCUT2D eigenvalue weighted by atomic mass is 35.6. The van der Waals surface area contributed by atoms with Crippen LogP contribution in [0.2, 0.25) is 0 Å². The standard InChI is InChI=1S/C17H15Cl3N4O3S/c1-10-3-2-4-11(9-10)14(25)22-15(17(18,19)20)23-16(28)21-12-5-7-13(8-6-12)24(26)27/h2-9,15H,1H3,(H,22,25)(H2,21,23,28)/t15-/m1/s1. The molecule has 0 saturated heterocycles. The summed E-state index contributed by atoms with van der Waals surface area (Å²) in [4.78, 5) is 22.6. The lowest BCUT2D eigenvalue weighted by Crippen LogP contribution is -2.56. The molecule has 0 saturated carbocycles. The molecule has 0 bridgehead atoms. The molecule has 28 heavy (non-hydrogen) atoms. The summed E-state index contributed by atoms with van der Waals surface area (Å²) < 4.78 is -1.90. The first-order valence-corrected chi connectivity index (χ1v) is 9.36. The van der Waals surface area contributed by atoms with Crippen LogP contribution in [0, 0.1) is 17.0 Å². The number of nitro benzene ring substituents is 1. The van der Waals surface area contributed by atoms with Crippen LogP contribution in [-0.4, -0.2) is 25.9 Å². The molecular weight excluding hydrogens is 447 g/mol. The van der Waals surface area contributed by atoms with Gasteiger partial charge in [-0.05, 0) is 43.4 Å². The van der Waals surface area contributed by atoms with Gasteiger partial charge in [0.1, 0.15) is 6.17 Å². The largest absolute Gasteiger partial charge is 0.339 e. The van der Waals surface area contributed by atoms with Gasteiger partial charge in [-0.1, -0.05) is 52.5 Å². The number of non-ortho nitro benzene ring substituents is 1. The van der Waals surface area contributed by atoms with E-state index in [-0.39, 0.29) is 10.8 Å². The summed E-state index contributed by atoms with van der Waals surface area (Å²) in [5.41, 5.74) is 1.72. The predicted octanol–water partition coefficient (Wildman–Crippen LogP) is 4.32. The third kappa shape index (κ3) is 6.49. The number of benzene rings is 2. The van der Waals surface area contributed by atoms with Gasteiger partial charge in [0, 0.05) is 23.4 Å². The Balaban J connectivity index is 2.06. The molecule has 0 aliphatic heterocycles. The summed E-state index contributed by atoms with van der Waals surface area (Å²) >= 11 is 23.0. The van der Waals surface area contributed by atoms with Crippen LogP contribution in [0.15, 0.2) is 48.5 Å². The lowest BCUT2D eigenvalue weighted by molar-refractivity contribution is -0.384. The zero-order valence-electron chi connectivity index (χ0n) is 14.4. The molecule has 0 fully saturated rings. The van der Waals surface area contributed by atoms with Crippen LogP contribution in [0.5, 0.6) is 0 Å². The normalized spacial score (nSPS) is 12.0. The number of hydrogen-bond donors (Lipinski definition) is 3. The Morgan fingerprint density at radius 1 is 1.14 bits per heavy atom. The van der Waals surface area contributed by atoms with Crippen LogP contribution in [-0.2, 0) is 0 Å². The molecule has 2 aromatic carbocycles. The van der Waals surface area contributed by atoms with Gasteiger partial charge in [-0.15, -0.1) is 0 Å². The molecule has 0 aliphatic rings. The smallest absolute Gasteiger partial charge is 0.269 e. The van der Waals surface area contributed by atoms with Crippen molar-refractivity contribution in [2.24, 2.45) is 0 Å². The van der Waals surface area contributed by atoms with Gasteiger partial charge in [-0.25, -0.2) is 0 Å². The van der Waals surface area contributed by atoms with Gasteiger partial charge in [0.05, 0.1) is 4.92 Å². The van der Waals surface area contributed by atoms with E-state index in [2.05, 4.69) is 16.0 Å². The van der Waals surface area contributed by atoms with E-state index in [1.807, 2.05) is 13.0 Å². The predicted molar refractivity (Wildman–Crippen MR) is 115 cm³/mol. The Morgan fingerprint density at radius 3 is 2.32 bits per heavy atom. The Labute approximate surface area is 181 Å². The maximum Gasteiger partial charge on any atom is 0.269 e. The molecule has 0 unspecified atom stereocenters. The van der Waals surface area contributed by atoms with E-state index in [1.54, 1.807) is 18.2 Å². The second-order valence-corrected chi connectivity index (χ2v) is 8.50. The number of carbonyl (C=O) groups is 1. The number of halogens is 3. The number of thiocarbonyl (C=S) groups is 1. The summed E-state index contributed by atoms with van der Waals surface area (Å²) in [7, 11) is 0. The van der Waals surface area contributed by atoms with Crippen molar-refractivity contribution in [3.63, 3.8) is 0 Å². The minimum atomic E-state index is -1.90. The highest BCUT2D eigenvalue weighted by Crippen LogP contribution is 2.29. The fraction of sp³-hybridized carbons (Fsp3) is 0.176. The molecule has 0 spiro atoms. The molecule has 2 aromatic rings. The summed E-state index contributed by atoms with van der Waals surface area (Å²) in [5, 5.41) is 18.8. The van der Waals surface area contributed by atoms with Gasteiger partial charge in [-0.2, -0.15) is 0 Å². The van der Waals surface area contributed by atoms with Crippen LogP contribution in [0.25, 0.3) is 0 Å². The molecule has 2 rings (SSSR count). The van der Waals surface area contributed by atoms with Crippen molar-refractivity contribution in [2.45, 2.75) is 16.9 Å². The summed E-state index contributed by atoms with van der Waals surface area (Å²) in [6, 6.07) is 12.5. The molecule has 148 valence electrons. The average molecular weight is 462 g/mol. The lowest BCUT2D eigenvalue weighted by Gasteiger charge is -2.27. The number of anilines is 1. The second kappa shape index (κ2) is 9.38. The first-order valence-electron chi connectivity index (χ1n) is 7.82. The van der Waals surface area contributed by atoms with Crippen LogP contribution in [0.4, 0.5) is 11.4 Å². The molecular formula is C17H15Cl3N4O3S. The van der Waals surface area contributed by atoms with Gasteiger partial charge in [0.25, 0.3) is 11.6 Å². The summed E-state index contributed by atoms with van der Waals surface area (Å²) in [6.45, 7) is 1.85. The second-order valence-electron chi connectivity index (χ2n) is 5.72. The van der Waals surface area contributed by atoms with Crippen LogP contribution in [0.1, 0.15) is 15.9 Å². The zero-order chi connectivity index (χ0) is 20.9. The lowest BCUT2D eigenvalue weighted by atomic mass is 10.1. The number of nitro groups is 1. The number of hydrogen-bond acceptors (Lipinski definition) is 4. The average Bonchev–Trinajstić information content (AvgIpc) is 2.60. The fourth-order valence-electron chi connectivity index (χ4n) is 2.17. The quantitative estimate of drug-likeness (QED) is 0.202. The summed E-state index contributed by atoms with van der Waals surface area (Å²) in [6.07, 6.45) is -1.14. The van der Waals surface area contributed by atoms with Crippen LogP contribution in [0.3, 0.4) is 0 Å². The van der Waals surface area contributed by atoms with Gasteiger partial charge in [0.15, 0.2) is 5.11 Å². The first kappa shape index (κ1) is 22.2. The number of carbonyl (C=O) groups excluding carboxylic acids is 1. The highest BCUT2D eigenvalue weighted by Gasteiger charge is 2.34. The molecule has 0 radical (unpaired) electrons. The van der Waals surface area contributed by atoms with E-state index in [4.69, 9.17) is 47.0 Å². The Bertz CT molecular complexity index is 888. The number of aryl methyl sites for hydroxylation is 1. The highest BCUT2D eigenvalue weighted by molar-refractivity contribution is 7.80. The minimum absolute atomic E-state index is 0.0507. The Hall–Kier alpha value is -2.13. The fourth-order valence-corrected chi connectivity index (χ4v) is 2.73. The topological polar surface area (TPSA) is 96.3 Å². The maximum atomic E-state index is 12.4. The van der Waals surface area contributed by atoms with E-state index in [9.17, 15) is 14.9 Å². The monoisotopic (exact) mass is 460 g/mol. The molecule has 0 aromatic heterocycles. The maximum absolute atomic E-state index is 12.4. The van der Waals surface area contributed by atoms with E-state index in [0.29, 0.717) is 11.3 Å². The van der Waals surface area contributed by atoms with E-state index >= 15 is 0 Å². The van der Waals surface area contributed by atoms with E-state index in [1.165, 1.54) is 24.3 Å². The molecule has 0 aliphatic carbocycles. The molecule has 1 amide bonds. The zero-order valence-corrected chi connectivity index (χ0v) is 17.5. The number of nitrogens with one attached hydrogen (secondary N) is 3. The van der Waals surface area contributed by atoms with Crippen molar-refractivity contribution in [3.8, 4) is 0 Å². The van der Waals surface area contributed by atoms with E-state index in [0.717, 1.165) is 5.56 Å². The number of nitrogens with zero attached hydrogens (tertiary/aromatic N) is 1. The number of alkyl halides is 3. The third-order valence-electron chi connectivity index (χ3n) is 3.49. The Morgan fingerprint density at radius 2 is 1.79 bits per heavy atom. The Kier molecular flexibility index (Phi) is 7.42. The minimum Gasteiger partial charge on any atom is -0.339 e. The van der Waals surface area contributed by atoms with Crippen LogP contribution < -0.4 is 16.0 Å². The third-order valence-corrected chi connectivity index (χ3v) is 4.37.